The Morgan fingerprint density at radius 1 is 1.43 bits per heavy atom. The van der Waals surface area contributed by atoms with Gasteiger partial charge in [-0.25, -0.2) is 0 Å². The van der Waals surface area contributed by atoms with Crippen LogP contribution in [0.1, 0.15) is 5.56 Å². The molecule has 2 aromatic rings. The molecule has 0 fully saturated rings. The molecule has 0 atom stereocenters. The fraction of sp³-hybridized carbons (Fsp3) is 0.300. The molecular formula is C10H14N4. The Hall–Kier alpha value is -1.55. The highest BCUT2D eigenvalue weighted by atomic mass is 15.1. The Morgan fingerprint density at radius 3 is 2.93 bits per heavy atom. The third kappa shape index (κ3) is 1.56. The van der Waals surface area contributed by atoms with Gasteiger partial charge in [-0.15, -0.1) is 0 Å². The van der Waals surface area contributed by atoms with Crippen LogP contribution < -0.4 is 5.73 Å². The molecule has 0 unspecified atom stereocenters. The quantitative estimate of drug-likeness (QED) is 0.748. The normalized spacial score (nSPS) is 11.4. The summed E-state index contributed by atoms with van der Waals surface area (Å²) in [6, 6.07) is 6.17. The summed E-state index contributed by atoms with van der Waals surface area (Å²) in [6.45, 7) is 0.925. The highest BCUT2D eigenvalue weighted by Gasteiger charge is 2.02. The van der Waals surface area contributed by atoms with Crippen molar-refractivity contribution in [1.82, 2.24) is 15.1 Å². The molecule has 14 heavy (non-hydrogen) atoms. The van der Waals surface area contributed by atoms with Crippen molar-refractivity contribution in [2.45, 2.75) is 6.54 Å². The van der Waals surface area contributed by atoms with E-state index in [1.807, 2.05) is 20.2 Å². The van der Waals surface area contributed by atoms with E-state index in [9.17, 15) is 0 Å². The molecule has 0 aliphatic heterocycles. The van der Waals surface area contributed by atoms with Crippen LogP contribution >= 0.6 is 0 Å². The molecule has 1 heterocycles. The van der Waals surface area contributed by atoms with Crippen molar-refractivity contribution < 1.29 is 0 Å². The molecule has 4 nitrogen and oxygen atoms in total. The van der Waals surface area contributed by atoms with Crippen LogP contribution in [0.3, 0.4) is 0 Å². The zero-order valence-corrected chi connectivity index (χ0v) is 8.41. The molecule has 1 aromatic carbocycles. The summed E-state index contributed by atoms with van der Waals surface area (Å²) in [5, 5.41) is 7.86. The third-order valence-corrected chi connectivity index (χ3v) is 2.16. The molecule has 0 saturated heterocycles. The monoisotopic (exact) mass is 190 g/mol. The summed E-state index contributed by atoms with van der Waals surface area (Å²) < 4.78 is 0. The van der Waals surface area contributed by atoms with Crippen LogP contribution in [0.5, 0.6) is 0 Å². The minimum Gasteiger partial charge on any atom is -0.382 e. The SMILES string of the molecule is CN(C)Cc1ccc2c(N)n[nH]c2c1. The lowest BCUT2D eigenvalue weighted by atomic mass is 10.1. The maximum Gasteiger partial charge on any atom is 0.153 e. The van der Waals surface area contributed by atoms with Gasteiger partial charge in [-0.1, -0.05) is 6.07 Å². The Labute approximate surface area is 82.7 Å². The number of nitrogens with two attached hydrogens (primary N) is 1. The lowest BCUT2D eigenvalue weighted by molar-refractivity contribution is 0.402. The fourth-order valence-corrected chi connectivity index (χ4v) is 1.55. The number of rotatable bonds is 2. The molecule has 74 valence electrons. The number of nitrogens with zero attached hydrogens (tertiary/aromatic N) is 2. The zero-order chi connectivity index (χ0) is 10.1. The second-order valence-corrected chi connectivity index (χ2v) is 3.73. The number of H-pyrrole nitrogens is 1. The van der Waals surface area contributed by atoms with E-state index in [-0.39, 0.29) is 0 Å². The predicted molar refractivity (Wildman–Crippen MR) is 57.9 cm³/mol. The second-order valence-electron chi connectivity index (χ2n) is 3.73. The van der Waals surface area contributed by atoms with E-state index in [4.69, 9.17) is 5.73 Å². The van der Waals surface area contributed by atoms with Gasteiger partial charge in [0, 0.05) is 11.9 Å². The van der Waals surface area contributed by atoms with Gasteiger partial charge in [0.1, 0.15) is 0 Å². The average Bonchev–Trinajstić information content (AvgIpc) is 2.46. The number of fused-ring (bicyclic) bond motifs is 1. The van der Waals surface area contributed by atoms with Gasteiger partial charge in [0.15, 0.2) is 5.82 Å². The first-order valence-corrected chi connectivity index (χ1v) is 4.54. The zero-order valence-electron chi connectivity index (χ0n) is 8.41. The molecule has 3 N–H and O–H groups in total. The number of nitrogens with one attached hydrogen (secondary N) is 1. The molecule has 0 saturated carbocycles. The Morgan fingerprint density at radius 2 is 2.21 bits per heavy atom. The summed E-state index contributed by atoms with van der Waals surface area (Å²) in [5.41, 5.74) is 7.93. The third-order valence-electron chi connectivity index (χ3n) is 2.16. The first-order chi connectivity index (χ1) is 6.66. The number of aromatic amines is 1. The van der Waals surface area contributed by atoms with Crippen molar-refractivity contribution in [3.8, 4) is 0 Å². The topological polar surface area (TPSA) is 57.9 Å². The molecule has 0 bridgehead atoms. The van der Waals surface area contributed by atoms with Crippen LogP contribution in [0.2, 0.25) is 0 Å². The van der Waals surface area contributed by atoms with Crippen molar-refractivity contribution in [2.75, 3.05) is 19.8 Å². The van der Waals surface area contributed by atoms with Crippen molar-refractivity contribution in [2.24, 2.45) is 0 Å². The minimum atomic E-state index is 0.566. The van der Waals surface area contributed by atoms with Gasteiger partial charge in [0.05, 0.1) is 5.52 Å². The van der Waals surface area contributed by atoms with Crippen molar-refractivity contribution in [3.05, 3.63) is 23.8 Å². The van der Waals surface area contributed by atoms with Crippen LogP contribution in [0, 0.1) is 0 Å². The maximum atomic E-state index is 5.67. The number of anilines is 1. The molecule has 2 rings (SSSR count). The number of hydrogen-bond acceptors (Lipinski definition) is 3. The van der Waals surface area contributed by atoms with Gasteiger partial charge in [0.25, 0.3) is 0 Å². The molecule has 0 radical (unpaired) electrons. The number of hydrogen-bond donors (Lipinski definition) is 2. The molecule has 0 aliphatic rings. The minimum absolute atomic E-state index is 0.566. The maximum absolute atomic E-state index is 5.67. The Bertz CT molecular complexity index is 444. The van der Waals surface area contributed by atoms with E-state index in [2.05, 4.69) is 27.2 Å². The van der Waals surface area contributed by atoms with E-state index < -0.39 is 0 Å². The molecule has 0 spiro atoms. The van der Waals surface area contributed by atoms with Gasteiger partial charge in [-0.05, 0) is 31.8 Å². The van der Waals surface area contributed by atoms with Crippen molar-refractivity contribution >= 4 is 16.7 Å². The summed E-state index contributed by atoms with van der Waals surface area (Å²) in [5.74, 6) is 0.566. The largest absolute Gasteiger partial charge is 0.382 e. The van der Waals surface area contributed by atoms with E-state index in [1.165, 1.54) is 5.56 Å². The van der Waals surface area contributed by atoms with Gasteiger partial charge >= 0.3 is 0 Å². The highest BCUT2D eigenvalue weighted by Crippen LogP contribution is 2.19. The van der Waals surface area contributed by atoms with Crippen LogP contribution in [0.25, 0.3) is 10.9 Å². The average molecular weight is 190 g/mol. The van der Waals surface area contributed by atoms with Gasteiger partial charge in [-0.3, -0.25) is 5.10 Å². The van der Waals surface area contributed by atoms with Crippen LogP contribution in [-0.2, 0) is 6.54 Å². The van der Waals surface area contributed by atoms with Crippen LogP contribution in [-0.4, -0.2) is 29.2 Å². The number of benzene rings is 1. The Balaban J connectivity index is 2.42. The Kier molecular flexibility index (Phi) is 2.13. The van der Waals surface area contributed by atoms with Crippen LogP contribution in [0.4, 0.5) is 5.82 Å². The van der Waals surface area contributed by atoms with E-state index in [1.54, 1.807) is 0 Å². The van der Waals surface area contributed by atoms with Gasteiger partial charge in [-0.2, -0.15) is 5.10 Å². The predicted octanol–water partition coefficient (Wildman–Crippen LogP) is 1.21. The van der Waals surface area contributed by atoms with E-state index >= 15 is 0 Å². The van der Waals surface area contributed by atoms with E-state index in [0.29, 0.717) is 5.82 Å². The number of aromatic nitrogens is 2. The van der Waals surface area contributed by atoms with Gasteiger partial charge < -0.3 is 10.6 Å². The molecule has 4 heteroatoms. The van der Waals surface area contributed by atoms with Crippen molar-refractivity contribution in [1.29, 1.82) is 0 Å². The molecule has 0 amide bonds. The second kappa shape index (κ2) is 3.31. The van der Waals surface area contributed by atoms with Gasteiger partial charge in [0.2, 0.25) is 0 Å². The van der Waals surface area contributed by atoms with Crippen molar-refractivity contribution in [3.63, 3.8) is 0 Å². The first-order valence-electron chi connectivity index (χ1n) is 4.54. The highest BCUT2D eigenvalue weighted by molar-refractivity contribution is 5.88. The standard InChI is InChI=1S/C10H14N4/c1-14(2)6-7-3-4-8-9(5-7)12-13-10(8)11/h3-5H,6H2,1-2H3,(H3,11,12,13). The van der Waals surface area contributed by atoms with Crippen LogP contribution in [0.15, 0.2) is 18.2 Å². The fourth-order valence-electron chi connectivity index (χ4n) is 1.55. The molecular weight excluding hydrogens is 176 g/mol. The summed E-state index contributed by atoms with van der Waals surface area (Å²) in [7, 11) is 4.09. The summed E-state index contributed by atoms with van der Waals surface area (Å²) >= 11 is 0. The first kappa shape index (κ1) is 9.02. The summed E-state index contributed by atoms with van der Waals surface area (Å²) in [6.07, 6.45) is 0. The smallest absolute Gasteiger partial charge is 0.153 e. The molecule has 0 aliphatic carbocycles. The van der Waals surface area contributed by atoms with E-state index in [0.717, 1.165) is 17.4 Å². The lowest BCUT2D eigenvalue weighted by Crippen LogP contribution is -2.10. The lowest BCUT2D eigenvalue weighted by Gasteiger charge is -2.08. The summed E-state index contributed by atoms with van der Waals surface area (Å²) in [4.78, 5) is 2.13. The molecule has 1 aromatic heterocycles. The number of nitrogen functional groups attached to an aromatic ring is 1.